The van der Waals surface area contributed by atoms with Gasteiger partial charge in [0.25, 0.3) is 0 Å². The molecule has 9 aromatic carbocycles. The number of nitrogens with zero attached hydrogens (tertiary/aromatic N) is 4. The van der Waals surface area contributed by atoms with Gasteiger partial charge in [0.05, 0.1) is 16.7 Å². The molecule has 12 rings (SSSR count). The Morgan fingerprint density at radius 1 is 0.328 bits per heavy atom. The maximum atomic E-state index is 5.29. The molecule has 0 N–H and O–H groups in total. The van der Waals surface area contributed by atoms with Gasteiger partial charge in [-0.3, -0.25) is 0 Å². The average molecular weight is 757 g/mol. The van der Waals surface area contributed by atoms with Crippen LogP contribution in [0.1, 0.15) is 0 Å². The van der Waals surface area contributed by atoms with Crippen molar-refractivity contribution in [2.24, 2.45) is 0 Å². The highest BCUT2D eigenvalue weighted by Gasteiger charge is 2.20. The van der Waals surface area contributed by atoms with Crippen molar-refractivity contribution >= 4 is 74.9 Å². The minimum Gasteiger partial charge on any atom is -0.309 e. The summed E-state index contributed by atoms with van der Waals surface area (Å²) in [5.41, 5.74) is 8.63. The molecule has 0 aliphatic heterocycles. The second-order valence-electron chi connectivity index (χ2n) is 14.8. The van der Waals surface area contributed by atoms with Crippen molar-refractivity contribution in [2.75, 3.05) is 0 Å². The molecule has 3 aromatic heterocycles. The molecule has 0 aliphatic carbocycles. The third-order valence-electron chi connectivity index (χ3n) is 11.4. The van der Waals surface area contributed by atoms with Crippen molar-refractivity contribution in [1.82, 2.24) is 19.5 Å². The van der Waals surface area contributed by atoms with E-state index in [4.69, 9.17) is 15.0 Å². The number of fused-ring (bicyclic) bond motifs is 8. The van der Waals surface area contributed by atoms with Crippen LogP contribution < -0.4 is 0 Å². The SMILES string of the molecule is c1ccc(-c2ccc(-c3nc(-c4ccc5sc6ccccc6c5c4)nc(-c4ccc(-n5c6ccccc6c6cc7ccccc7cc65)c5ccccc45)n3)cc2)cc1. The first kappa shape index (κ1) is 32.7. The predicted molar refractivity (Wildman–Crippen MR) is 244 cm³/mol. The quantitative estimate of drug-likeness (QED) is 0.176. The van der Waals surface area contributed by atoms with Gasteiger partial charge in [-0.15, -0.1) is 11.3 Å². The average Bonchev–Trinajstić information content (AvgIpc) is 3.83. The molecule has 0 bridgehead atoms. The zero-order valence-corrected chi connectivity index (χ0v) is 32.0. The summed E-state index contributed by atoms with van der Waals surface area (Å²) >= 11 is 1.81. The highest BCUT2D eigenvalue weighted by Crippen LogP contribution is 2.40. The van der Waals surface area contributed by atoms with E-state index < -0.39 is 0 Å². The van der Waals surface area contributed by atoms with Gasteiger partial charge in [-0.05, 0) is 81.9 Å². The van der Waals surface area contributed by atoms with Gasteiger partial charge in [0.15, 0.2) is 17.5 Å². The Kier molecular flexibility index (Phi) is 7.37. The van der Waals surface area contributed by atoms with Crippen molar-refractivity contribution in [3.8, 4) is 51.0 Å². The molecule has 12 aromatic rings. The molecule has 0 amide bonds. The number of hydrogen-bond donors (Lipinski definition) is 0. The second kappa shape index (κ2) is 13.1. The molecule has 270 valence electrons. The topological polar surface area (TPSA) is 43.6 Å². The number of benzene rings is 9. The Morgan fingerprint density at radius 2 is 0.914 bits per heavy atom. The summed E-state index contributed by atoms with van der Waals surface area (Å²) in [6, 6.07) is 69.2. The van der Waals surface area contributed by atoms with Gasteiger partial charge in [-0.1, -0.05) is 140 Å². The Balaban J connectivity index is 1.07. The van der Waals surface area contributed by atoms with Crippen molar-refractivity contribution in [3.05, 3.63) is 194 Å². The molecule has 3 heterocycles. The maximum Gasteiger partial charge on any atom is 0.164 e. The monoisotopic (exact) mass is 756 g/mol. The Bertz CT molecular complexity index is 3560. The van der Waals surface area contributed by atoms with E-state index in [0.717, 1.165) is 38.7 Å². The first-order chi connectivity index (χ1) is 28.7. The normalized spacial score (nSPS) is 11.8. The van der Waals surface area contributed by atoms with Gasteiger partial charge >= 0.3 is 0 Å². The molecule has 0 unspecified atom stereocenters. The maximum absolute atomic E-state index is 5.29. The number of para-hydroxylation sites is 1. The van der Waals surface area contributed by atoms with Crippen LogP contribution in [-0.2, 0) is 0 Å². The van der Waals surface area contributed by atoms with Gasteiger partial charge in [-0.2, -0.15) is 0 Å². The highest BCUT2D eigenvalue weighted by atomic mass is 32.1. The molecule has 0 atom stereocenters. The molecule has 0 fully saturated rings. The van der Waals surface area contributed by atoms with E-state index in [0.29, 0.717) is 17.5 Å². The van der Waals surface area contributed by atoms with Crippen LogP contribution in [0.4, 0.5) is 0 Å². The smallest absolute Gasteiger partial charge is 0.164 e. The summed E-state index contributed by atoms with van der Waals surface area (Å²) in [4.78, 5) is 15.7. The van der Waals surface area contributed by atoms with Crippen LogP contribution in [0.15, 0.2) is 194 Å². The summed E-state index contributed by atoms with van der Waals surface area (Å²) < 4.78 is 4.94. The minimum atomic E-state index is 0.636. The van der Waals surface area contributed by atoms with Crippen LogP contribution >= 0.6 is 11.3 Å². The van der Waals surface area contributed by atoms with Gasteiger partial charge in [-0.25, -0.2) is 15.0 Å². The second-order valence-corrected chi connectivity index (χ2v) is 15.9. The van der Waals surface area contributed by atoms with Crippen LogP contribution in [0.25, 0.3) is 115 Å². The number of hydrogen-bond acceptors (Lipinski definition) is 4. The zero-order valence-electron chi connectivity index (χ0n) is 31.2. The van der Waals surface area contributed by atoms with Crippen molar-refractivity contribution < 1.29 is 0 Å². The van der Waals surface area contributed by atoms with Crippen molar-refractivity contribution in [2.45, 2.75) is 0 Å². The Labute approximate surface area is 338 Å². The molecule has 4 nitrogen and oxygen atoms in total. The van der Waals surface area contributed by atoms with Crippen molar-refractivity contribution in [3.63, 3.8) is 0 Å². The first-order valence-corrected chi connectivity index (χ1v) is 20.3. The largest absolute Gasteiger partial charge is 0.309 e. The Morgan fingerprint density at radius 3 is 1.74 bits per heavy atom. The van der Waals surface area contributed by atoms with Crippen LogP contribution in [0, 0.1) is 0 Å². The third kappa shape index (κ3) is 5.25. The molecule has 5 heteroatoms. The van der Waals surface area contributed by atoms with E-state index in [2.05, 4.69) is 193 Å². The lowest BCUT2D eigenvalue weighted by Gasteiger charge is -2.15. The number of rotatable bonds is 5. The fourth-order valence-corrected chi connectivity index (χ4v) is 9.74. The van der Waals surface area contributed by atoms with Gasteiger partial charge in [0, 0.05) is 53.0 Å². The van der Waals surface area contributed by atoms with Crippen LogP contribution in [0.3, 0.4) is 0 Å². The predicted octanol–water partition coefficient (Wildman–Crippen LogP) is 14.3. The summed E-state index contributed by atoms with van der Waals surface area (Å²) in [6.07, 6.45) is 0. The minimum absolute atomic E-state index is 0.636. The van der Waals surface area contributed by atoms with Crippen LogP contribution in [-0.4, -0.2) is 19.5 Å². The van der Waals surface area contributed by atoms with Crippen molar-refractivity contribution in [1.29, 1.82) is 0 Å². The molecule has 0 aliphatic rings. The lowest BCUT2D eigenvalue weighted by molar-refractivity contribution is 1.08. The van der Waals surface area contributed by atoms with E-state index in [9.17, 15) is 0 Å². The van der Waals surface area contributed by atoms with Gasteiger partial charge in [0.2, 0.25) is 0 Å². The molecule has 0 radical (unpaired) electrons. The standard InChI is InChI=1S/C53H32N4S/c1-2-12-33(13-3-1)34-22-24-35(25-23-34)51-54-52(38-26-29-50-45(31-38)42-19-9-11-21-49(42)58-50)56-53(55-51)43-27-28-47(40-17-7-6-16-39(40)43)57-46-20-10-8-18-41(46)44-30-36-14-4-5-15-37(36)32-48(44)57/h1-32H. The lowest BCUT2D eigenvalue weighted by Crippen LogP contribution is -2.02. The van der Waals surface area contributed by atoms with Crippen LogP contribution in [0.5, 0.6) is 0 Å². The summed E-state index contributed by atoms with van der Waals surface area (Å²) in [5, 5.41) is 9.58. The molecular weight excluding hydrogens is 725 g/mol. The zero-order chi connectivity index (χ0) is 38.2. The molecular formula is C53H32N4S. The van der Waals surface area contributed by atoms with Crippen LogP contribution in [0.2, 0.25) is 0 Å². The number of thiophene rings is 1. The summed E-state index contributed by atoms with van der Waals surface area (Å²) in [7, 11) is 0. The molecule has 0 saturated heterocycles. The Hall–Kier alpha value is -7.47. The van der Waals surface area contributed by atoms with E-state index >= 15 is 0 Å². The molecule has 0 saturated carbocycles. The molecule has 58 heavy (non-hydrogen) atoms. The fourth-order valence-electron chi connectivity index (χ4n) is 8.65. The van der Waals surface area contributed by atoms with E-state index in [1.807, 2.05) is 17.4 Å². The number of aromatic nitrogens is 4. The third-order valence-corrected chi connectivity index (χ3v) is 12.6. The van der Waals surface area contributed by atoms with E-state index in [1.54, 1.807) is 0 Å². The fraction of sp³-hybridized carbons (Fsp3) is 0. The van der Waals surface area contributed by atoms with E-state index in [-0.39, 0.29) is 0 Å². The van der Waals surface area contributed by atoms with Gasteiger partial charge < -0.3 is 4.57 Å². The summed E-state index contributed by atoms with van der Waals surface area (Å²) in [5.74, 6) is 1.92. The first-order valence-electron chi connectivity index (χ1n) is 19.5. The lowest BCUT2D eigenvalue weighted by atomic mass is 10.0. The highest BCUT2D eigenvalue weighted by molar-refractivity contribution is 7.25. The molecule has 0 spiro atoms. The van der Waals surface area contributed by atoms with Gasteiger partial charge in [0.1, 0.15) is 0 Å². The van der Waals surface area contributed by atoms with E-state index in [1.165, 1.54) is 58.3 Å². The summed E-state index contributed by atoms with van der Waals surface area (Å²) in [6.45, 7) is 0.